The molecule has 10 nitrogen and oxygen atoms in total. The summed E-state index contributed by atoms with van der Waals surface area (Å²) < 4.78 is 7.27. The van der Waals surface area contributed by atoms with Crippen LogP contribution in [-0.4, -0.2) is 74.3 Å². The lowest BCUT2D eigenvalue weighted by Crippen LogP contribution is -2.62. The number of piperazine rings is 1. The van der Waals surface area contributed by atoms with Crippen molar-refractivity contribution >= 4 is 28.8 Å². The molecule has 1 saturated heterocycles. The smallest absolute Gasteiger partial charge is 0.410 e. The van der Waals surface area contributed by atoms with Gasteiger partial charge in [-0.2, -0.15) is 0 Å². The summed E-state index contributed by atoms with van der Waals surface area (Å²) in [6.07, 6.45) is 1.22. The van der Waals surface area contributed by atoms with Gasteiger partial charge < -0.3 is 20.3 Å². The molecule has 5 rings (SSSR count). The Balaban J connectivity index is 1.28. The third-order valence-corrected chi connectivity index (χ3v) is 7.76. The van der Waals surface area contributed by atoms with Crippen molar-refractivity contribution in [2.45, 2.75) is 44.7 Å². The van der Waals surface area contributed by atoms with E-state index >= 15 is 0 Å². The summed E-state index contributed by atoms with van der Waals surface area (Å²) in [6, 6.07) is 21.3. The van der Waals surface area contributed by atoms with Gasteiger partial charge in [0.1, 0.15) is 17.3 Å². The first-order valence-electron chi connectivity index (χ1n) is 14.2. The molecule has 0 radical (unpaired) electrons. The minimum Gasteiger partial charge on any atom is -0.410 e. The Morgan fingerprint density at radius 2 is 1.74 bits per heavy atom. The molecular formula is C32H36N6O4. The van der Waals surface area contributed by atoms with E-state index in [0.717, 1.165) is 27.7 Å². The fourth-order valence-corrected chi connectivity index (χ4v) is 5.24. The number of carbonyl (C=O) groups excluding carboxylic acids is 3. The molecule has 218 valence electrons. The number of aromatic nitrogens is 3. The van der Waals surface area contributed by atoms with E-state index in [-0.39, 0.29) is 37.7 Å². The van der Waals surface area contributed by atoms with Crippen LogP contribution in [0.2, 0.25) is 0 Å². The number of hydrogen-bond acceptors (Lipinski definition) is 7. The van der Waals surface area contributed by atoms with E-state index in [9.17, 15) is 14.4 Å². The lowest BCUT2D eigenvalue weighted by Gasteiger charge is -2.41. The summed E-state index contributed by atoms with van der Waals surface area (Å²) >= 11 is 0. The number of ether oxygens (including phenoxy) is 1. The largest absolute Gasteiger partial charge is 0.415 e. The zero-order chi connectivity index (χ0) is 29.6. The topological polar surface area (TPSA) is 124 Å². The number of carbonyl (C=O) groups is 3. The number of rotatable bonds is 9. The summed E-state index contributed by atoms with van der Waals surface area (Å²) in [6.45, 7) is 2.44. The number of hydrogen-bond donors (Lipinski definition) is 1. The maximum atomic E-state index is 13.7. The highest BCUT2D eigenvalue weighted by Crippen LogP contribution is 2.20. The molecule has 1 aliphatic heterocycles. The predicted octanol–water partition coefficient (Wildman–Crippen LogP) is 3.45. The van der Waals surface area contributed by atoms with E-state index in [1.165, 1.54) is 4.90 Å². The second-order valence-electron chi connectivity index (χ2n) is 10.8. The Kier molecular flexibility index (Phi) is 8.92. The molecule has 1 aromatic heterocycles. The van der Waals surface area contributed by atoms with Crippen molar-refractivity contribution < 1.29 is 19.1 Å². The summed E-state index contributed by atoms with van der Waals surface area (Å²) in [5.74, 6) is 0.0109. The van der Waals surface area contributed by atoms with Gasteiger partial charge in [0.25, 0.3) is 0 Å². The monoisotopic (exact) mass is 568 g/mol. The van der Waals surface area contributed by atoms with Crippen LogP contribution in [0.15, 0.2) is 72.8 Å². The molecule has 0 saturated carbocycles. The van der Waals surface area contributed by atoms with Crippen molar-refractivity contribution in [3.8, 4) is 5.75 Å². The summed E-state index contributed by atoms with van der Waals surface area (Å²) in [5.41, 5.74) is 11.1. The molecule has 2 N–H and O–H groups in total. The van der Waals surface area contributed by atoms with E-state index in [1.807, 2.05) is 74.6 Å². The normalized spacial score (nSPS) is 15.9. The number of benzene rings is 3. The molecule has 42 heavy (non-hydrogen) atoms. The Hall–Kier alpha value is -4.57. The van der Waals surface area contributed by atoms with Crippen LogP contribution < -0.4 is 10.5 Å². The first-order chi connectivity index (χ1) is 20.3. The van der Waals surface area contributed by atoms with Gasteiger partial charge >= 0.3 is 6.09 Å². The van der Waals surface area contributed by atoms with Crippen LogP contribution in [0.3, 0.4) is 0 Å². The molecule has 4 aromatic rings. The molecule has 0 spiro atoms. The average Bonchev–Trinajstić information content (AvgIpc) is 3.39. The average molecular weight is 569 g/mol. The van der Waals surface area contributed by atoms with Crippen LogP contribution in [0.1, 0.15) is 29.5 Å². The molecule has 0 aliphatic carbocycles. The van der Waals surface area contributed by atoms with Gasteiger partial charge in [0.15, 0.2) is 5.78 Å². The van der Waals surface area contributed by atoms with Crippen molar-refractivity contribution in [1.82, 2.24) is 24.8 Å². The molecule has 2 atom stereocenters. The number of nitrogens with two attached hydrogens (primary N) is 1. The molecule has 1 aliphatic rings. The van der Waals surface area contributed by atoms with Gasteiger partial charge in [-0.1, -0.05) is 59.3 Å². The van der Waals surface area contributed by atoms with Gasteiger partial charge in [0.2, 0.25) is 5.91 Å². The van der Waals surface area contributed by atoms with Gasteiger partial charge in [0, 0.05) is 26.6 Å². The van der Waals surface area contributed by atoms with Crippen molar-refractivity contribution in [3.63, 3.8) is 0 Å². The highest BCUT2D eigenvalue weighted by atomic mass is 16.6. The Morgan fingerprint density at radius 1 is 0.976 bits per heavy atom. The van der Waals surface area contributed by atoms with E-state index in [4.69, 9.17) is 10.5 Å². The Morgan fingerprint density at radius 3 is 2.50 bits per heavy atom. The van der Waals surface area contributed by atoms with Crippen LogP contribution in [0.25, 0.3) is 11.0 Å². The van der Waals surface area contributed by atoms with E-state index in [1.54, 1.807) is 21.7 Å². The number of ketones is 1. The molecule has 3 aromatic carbocycles. The maximum absolute atomic E-state index is 13.7. The van der Waals surface area contributed by atoms with E-state index in [2.05, 4.69) is 10.3 Å². The highest BCUT2D eigenvalue weighted by Gasteiger charge is 2.38. The SMILES string of the molecule is Cc1ccc(OC(=O)N2CCN(C(=O)[C@H](N)CCc3ccccc3)[C@H](C(=O)CCc3ccc4c(c3)nnn4C)C2)cc1. The standard InChI is InChI=1S/C32H36N6O4/c1-22-8-13-25(14-9-22)42-32(41)37-18-19-38(31(40)26(33)15-10-23-6-4-3-5-7-23)29(21-37)30(39)17-12-24-11-16-28-27(20-24)34-35-36(28)2/h3-9,11,13-14,16,20,26,29H,10,12,15,17-19,21,33H2,1-2H3/t26-,29+/m1/s1. The maximum Gasteiger partial charge on any atom is 0.415 e. The van der Waals surface area contributed by atoms with Gasteiger partial charge in [-0.3, -0.25) is 9.59 Å². The molecule has 10 heteroatoms. The predicted molar refractivity (Wildman–Crippen MR) is 159 cm³/mol. The molecule has 0 unspecified atom stereocenters. The highest BCUT2D eigenvalue weighted by molar-refractivity contribution is 5.92. The van der Waals surface area contributed by atoms with E-state index < -0.39 is 18.2 Å². The van der Waals surface area contributed by atoms with Crippen molar-refractivity contribution in [1.29, 1.82) is 0 Å². The molecule has 0 bridgehead atoms. The zero-order valence-electron chi connectivity index (χ0n) is 24.0. The van der Waals surface area contributed by atoms with Crippen LogP contribution in [0.5, 0.6) is 5.75 Å². The Labute approximate surface area is 245 Å². The summed E-state index contributed by atoms with van der Waals surface area (Å²) in [4.78, 5) is 43.3. The quantitative estimate of drug-likeness (QED) is 0.328. The number of fused-ring (bicyclic) bond motifs is 1. The van der Waals surface area contributed by atoms with Crippen molar-refractivity contribution in [2.75, 3.05) is 19.6 Å². The van der Waals surface area contributed by atoms with Gasteiger partial charge in [-0.05, 0) is 61.6 Å². The van der Waals surface area contributed by atoms with Crippen LogP contribution in [-0.2, 0) is 29.5 Å². The summed E-state index contributed by atoms with van der Waals surface area (Å²) in [7, 11) is 1.83. The number of nitrogens with zero attached hydrogens (tertiary/aromatic N) is 5. The first kappa shape index (κ1) is 28.9. The minimum absolute atomic E-state index is 0.0455. The molecule has 2 heterocycles. The number of Topliss-reactive ketones (excluding diaryl/α,β-unsaturated/α-hetero) is 1. The van der Waals surface area contributed by atoms with Gasteiger partial charge in [-0.25, -0.2) is 9.48 Å². The minimum atomic E-state index is -0.820. The zero-order valence-corrected chi connectivity index (χ0v) is 24.0. The van der Waals surface area contributed by atoms with Gasteiger partial charge in [-0.15, -0.1) is 5.10 Å². The second kappa shape index (κ2) is 12.9. The third-order valence-electron chi connectivity index (χ3n) is 7.76. The van der Waals surface area contributed by atoms with E-state index in [0.29, 0.717) is 25.0 Å². The fraction of sp³-hybridized carbons (Fsp3) is 0.344. The first-order valence-corrected chi connectivity index (χ1v) is 14.2. The molecule has 1 fully saturated rings. The van der Waals surface area contributed by atoms with Crippen LogP contribution >= 0.6 is 0 Å². The van der Waals surface area contributed by atoms with Gasteiger partial charge in [0.05, 0.1) is 18.1 Å². The third kappa shape index (κ3) is 6.83. The van der Waals surface area contributed by atoms with Crippen LogP contribution in [0.4, 0.5) is 4.79 Å². The molecule has 2 amide bonds. The second-order valence-corrected chi connectivity index (χ2v) is 10.8. The fourth-order valence-electron chi connectivity index (χ4n) is 5.24. The lowest BCUT2D eigenvalue weighted by molar-refractivity contribution is -0.143. The Bertz CT molecular complexity index is 1550. The van der Waals surface area contributed by atoms with Crippen molar-refractivity contribution in [3.05, 3.63) is 89.5 Å². The lowest BCUT2D eigenvalue weighted by atomic mass is 9.98. The molecular weight excluding hydrogens is 532 g/mol. The summed E-state index contributed by atoms with van der Waals surface area (Å²) in [5, 5.41) is 8.20. The number of aryl methyl sites for hydroxylation is 4. The number of amides is 2. The van der Waals surface area contributed by atoms with Crippen molar-refractivity contribution in [2.24, 2.45) is 12.8 Å². The van der Waals surface area contributed by atoms with Crippen LogP contribution in [0, 0.1) is 6.92 Å².